The van der Waals surface area contributed by atoms with Crippen LogP contribution in [-0.2, 0) is 6.54 Å². The van der Waals surface area contributed by atoms with Crippen LogP contribution in [0.3, 0.4) is 0 Å². The number of hydrogen-bond acceptors (Lipinski definition) is 3. The Morgan fingerprint density at radius 1 is 1.32 bits per heavy atom. The van der Waals surface area contributed by atoms with E-state index in [1.807, 2.05) is 0 Å². The average Bonchev–Trinajstić information content (AvgIpc) is 2.41. The number of anilines is 1. The van der Waals surface area contributed by atoms with Crippen molar-refractivity contribution >= 4 is 5.82 Å². The van der Waals surface area contributed by atoms with Crippen LogP contribution in [0.1, 0.15) is 37.9 Å². The third kappa shape index (κ3) is 3.80. The lowest BCUT2D eigenvalue weighted by Crippen LogP contribution is -2.30. The first-order valence-corrected chi connectivity index (χ1v) is 7.28. The fourth-order valence-corrected chi connectivity index (χ4v) is 2.45. The molecule has 0 spiro atoms. The highest BCUT2D eigenvalue weighted by Crippen LogP contribution is 2.19. The van der Waals surface area contributed by atoms with Crippen LogP contribution in [0.4, 0.5) is 5.82 Å². The van der Waals surface area contributed by atoms with E-state index in [2.05, 4.69) is 49.2 Å². The van der Waals surface area contributed by atoms with Gasteiger partial charge < -0.3 is 10.2 Å². The molecular weight excluding hydrogens is 234 g/mol. The summed E-state index contributed by atoms with van der Waals surface area (Å²) in [5.74, 6) is 1.11. The molecule has 0 fully saturated rings. The van der Waals surface area contributed by atoms with Crippen LogP contribution < -0.4 is 10.2 Å². The van der Waals surface area contributed by atoms with Gasteiger partial charge in [0.05, 0.1) is 0 Å². The first-order valence-electron chi connectivity index (χ1n) is 7.28. The normalized spacial score (nSPS) is 15.5. The molecule has 3 nitrogen and oxygen atoms in total. The topological polar surface area (TPSA) is 28.2 Å². The molecule has 0 bridgehead atoms. The Bertz CT molecular complexity index is 451. The smallest absolute Gasteiger partial charge is 0.129 e. The van der Waals surface area contributed by atoms with E-state index in [1.165, 1.54) is 17.6 Å². The average molecular weight is 259 g/mol. The van der Waals surface area contributed by atoms with Gasteiger partial charge >= 0.3 is 0 Å². The van der Waals surface area contributed by atoms with Crippen molar-refractivity contribution in [3.8, 4) is 0 Å². The highest BCUT2D eigenvalue weighted by molar-refractivity contribution is 5.44. The Kier molecular flexibility index (Phi) is 4.97. The van der Waals surface area contributed by atoms with Crippen LogP contribution >= 0.6 is 0 Å². The van der Waals surface area contributed by atoms with Crippen molar-refractivity contribution in [3.05, 3.63) is 35.0 Å². The number of nitrogens with one attached hydrogen (secondary N) is 1. The minimum absolute atomic E-state index is 0.923. The molecule has 0 unspecified atom stereocenters. The van der Waals surface area contributed by atoms with Gasteiger partial charge in [-0.3, -0.25) is 0 Å². The molecule has 1 aliphatic heterocycles. The summed E-state index contributed by atoms with van der Waals surface area (Å²) in [5.41, 5.74) is 3.90. The van der Waals surface area contributed by atoms with E-state index < -0.39 is 0 Å². The van der Waals surface area contributed by atoms with Gasteiger partial charge in [-0.2, -0.15) is 0 Å². The lowest BCUT2D eigenvalue weighted by molar-refractivity contribution is 0.670. The monoisotopic (exact) mass is 259 g/mol. The number of aryl methyl sites for hydroxylation is 1. The van der Waals surface area contributed by atoms with E-state index in [-0.39, 0.29) is 0 Å². The zero-order valence-corrected chi connectivity index (χ0v) is 12.4. The first kappa shape index (κ1) is 14.1. The van der Waals surface area contributed by atoms with Crippen LogP contribution in [0.2, 0.25) is 0 Å². The zero-order valence-electron chi connectivity index (χ0n) is 12.4. The molecule has 0 atom stereocenters. The second kappa shape index (κ2) is 6.71. The maximum atomic E-state index is 4.77. The largest absolute Gasteiger partial charge is 0.352 e. The molecule has 1 aromatic rings. The van der Waals surface area contributed by atoms with Crippen LogP contribution in [0.5, 0.6) is 0 Å². The molecule has 0 aromatic carbocycles. The Labute approximate surface area is 116 Å². The number of nitrogens with zero attached hydrogens (tertiary/aromatic N) is 2. The molecule has 2 rings (SSSR count). The minimum Gasteiger partial charge on any atom is -0.352 e. The highest BCUT2D eigenvalue weighted by Gasteiger charge is 2.12. The van der Waals surface area contributed by atoms with Gasteiger partial charge in [0.2, 0.25) is 0 Å². The standard InChI is InChI=1S/C16H25N3/c1-4-9-17-11-15-7-8-16(18-14(15)3)19-10-5-6-13(2)12-19/h6-8,17H,4-5,9-12H2,1-3H3. The second-order valence-electron chi connectivity index (χ2n) is 5.35. The van der Waals surface area contributed by atoms with E-state index in [0.717, 1.165) is 44.1 Å². The molecule has 0 saturated heterocycles. The molecule has 0 saturated carbocycles. The van der Waals surface area contributed by atoms with Crippen molar-refractivity contribution in [2.75, 3.05) is 24.5 Å². The highest BCUT2D eigenvalue weighted by atomic mass is 15.2. The third-order valence-electron chi connectivity index (χ3n) is 3.58. The zero-order chi connectivity index (χ0) is 13.7. The van der Waals surface area contributed by atoms with Gasteiger partial charge in [-0.05, 0) is 44.9 Å². The number of rotatable bonds is 5. The number of hydrogen-bond donors (Lipinski definition) is 1. The molecule has 1 N–H and O–H groups in total. The van der Waals surface area contributed by atoms with Crippen LogP contribution in [-0.4, -0.2) is 24.6 Å². The van der Waals surface area contributed by atoms with Crippen LogP contribution in [0.15, 0.2) is 23.8 Å². The summed E-state index contributed by atoms with van der Waals surface area (Å²) in [7, 11) is 0. The van der Waals surface area contributed by atoms with Crippen molar-refractivity contribution in [1.82, 2.24) is 10.3 Å². The molecule has 19 heavy (non-hydrogen) atoms. The minimum atomic E-state index is 0.923. The SMILES string of the molecule is CCCNCc1ccc(N2CCC=C(C)C2)nc1C. The van der Waals surface area contributed by atoms with Crippen LogP contribution in [0.25, 0.3) is 0 Å². The van der Waals surface area contributed by atoms with E-state index in [4.69, 9.17) is 4.98 Å². The Morgan fingerprint density at radius 3 is 2.84 bits per heavy atom. The lowest BCUT2D eigenvalue weighted by atomic mass is 10.1. The van der Waals surface area contributed by atoms with Gasteiger partial charge in [0, 0.05) is 25.3 Å². The molecular formula is C16H25N3. The van der Waals surface area contributed by atoms with Crippen molar-refractivity contribution in [2.24, 2.45) is 0 Å². The molecule has 1 aromatic heterocycles. The summed E-state index contributed by atoms with van der Waals surface area (Å²) in [4.78, 5) is 7.14. The maximum Gasteiger partial charge on any atom is 0.129 e. The van der Waals surface area contributed by atoms with Gasteiger partial charge in [-0.25, -0.2) is 4.98 Å². The molecule has 3 heteroatoms. The first-order chi connectivity index (χ1) is 9.20. The van der Waals surface area contributed by atoms with E-state index in [1.54, 1.807) is 0 Å². The molecule has 0 amide bonds. The van der Waals surface area contributed by atoms with Crippen molar-refractivity contribution in [3.63, 3.8) is 0 Å². The molecule has 104 valence electrons. The lowest BCUT2D eigenvalue weighted by Gasteiger charge is -2.27. The number of aromatic nitrogens is 1. The fraction of sp³-hybridized carbons (Fsp3) is 0.562. The fourth-order valence-electron chi connectivity index (χ4n) is 2.45. The Balaban J connectivity index is 2.04. The summed E-state index contributed by atoms with van der Waals surface area (Å²) in [6.07, 6.45) is 4.63. The van der Waals surface area contributed by atoms with Gasteiger partial charge in [-0.15, -0.1) is 0 Å². The summed E-state index contributed by atoms with van der Waals surface area (Å²) >= 11 is 0. The van der Waals surface area contributed by atoms with Gasteiger partial charge in [-0.1, -0.05) is 24.6 Å². The van der Waals surface area contributed by atoms with E-state index >= 15 is 0 Å². The Morgan fingerprint density at radius 2 is 2.16 bits per heavy atom. The van der Waals surface area contributed by atoms with Crippen LogP contribution in [0, 0.1) is 6.92 Å². The van der Waals surface area contributed by atoms with E-state index in [0.29, 0.717) is 0 Å². The van der Waals surface area contributed by atoms with Gasteiger partial charge in [0.15, 0.2) is 0 Å². The van der Waals surface area contributed by atoms with Crippen molar-refractivity contribution in [2.45, 2.75) is 40.2 Å². The van der Waals surface area contributed by atoms with Crippen molar-refractivity contribution in [1.29, 1.82) is 0 Å². The summed E-state index contributed by atoms with van der Waals surface area (Å²) in [6.45, 7) is 10.6. The van der Waals surface area contributed by atoms with Gasteiger partial charge in [0.1, 0.15) is 5.82 Å². The number of pyridine rings is 1. The third-order valence-corrected chi connectivity index (χ3v) is 3.58. The summed E-state index contributed by atoms with van der Waals surface area (Å²) in [5, 5.41) is 3.44. The predicted molar refractivity (Wildman–Crippen MR) is 81.6 cm³/mol. The Hall–Kier alpha value is -1.35. The molecule has 1 aliphatic rings. The van der Waals surface area contributed by atoms with Gasteiger partial charge in [0.25, 0.3) is 0 Å². The maximum absolute atomic E-state index is 4.77. The summed E-state index contributed by atoms with van der Waals surface area (Å²) in [6, 6.07) is 4.38. The van der Waals surface area contributed by atoms with E-state index in [9.17, 15) is 0 Å². The summed E-state index contributed by atoms with van der Waals surface area (Å²) < 4.78 is 0. The molecule has 0 radical (unpaired) electrons. The second-order valence-corrected chi connectivity index (χ2v) is 5.35. The quantitative estimate of drug-likeness (QED) is 0.651. The molecule has 0 aliphatic carbocycles. The predicted octanol–water partition coefficient (Wildman–Crippen LogP) is 3.05. The molecule has 2 heterocycles. The van der Waals surface area contributed by atoms with Crippen molar-refractivity contribution < 1.29 is 0 Å².